The van der Waals surface area contributed by atoms with E-state index in [0.717, 1.165) is 16.9 Å². The summed E-state index contributed by atoms with van der Waals surface area (Å²) in [7, 11) is 1.87. The minimum absolute atomic E-state index is 0.849. The molecule has 0 amide bonds. The Morgan fingerprint density at radius 2 is 1.79 bits per heavy atom. The maximum absolute atomic E-state index is 4.25. The van der Waals surface area contributed by atoms with E-state index in [4.69, 9.17) is 0 Å². The van der Waals surface area contributed by atoms with Crippen LogP contribution in [-0.4, -0.2) is 17.0 Å². The zero-order chi connectivity index (χ0) is 13.2. The average molecular weight is 249 g/mol. The van der Waals surface area contributed by atoms with Gasteiger partial charge in [0, 0.05) is 18.8 Å². The molecule has 0 spiro atoms. The molecule has 0 unspecified atom stereocenters. The second-order valence-corrected chi connectivity index (χ2v) is 4.60. The van der Waals surface area contributed by atoms with Gasteiger partial charge in [-0.1, -0.05) is 35.9 Å². The number of hydrogen-bond donors (Lipinski definition) is 1. The molecule has 1 heterocycles. The zero-order valence-corrected chi connectivity index (χ0v) is 11.0. The molecular formula is C16H15N3. The van der Waals surface area contributed by atoms with E-state index in [-0.39, 0.29) is 0 Å². The average Bonchev–Trinajstić information content (AvgIpc) is 2.46. The van der Waals surface area contributed by atoms with Crippen LogP contribution in [0.25, 0.3) is 21.9 Å². The van der Waals surface area contributed by atoms with E-state index in [1.807, 2.05) is 13.2 Å². The fraction of sp³-hybridized carbons (Fsp3) is 0.125. The predicted molar refractivity (Wildman–Crippen MR) is 79.3 cm³/mol. The predicted octanol–water partition coefficient (Wildman–Crippen LogP) is 3.65. The molecular weight excluding hydrogens is 234 g/mol. The molecule has 0 radical (unpaired) electrons. The van der Waals surface area contributed by atoms with Crippen molar-refractivity contribution in [1.82, 2.24) is 9.97 Å². The molecule has 1 N–H and O–H groups in total. The van der Waals surface area contributed by atoms with Crippen LogP contribution in [-0.2, 0) is 0 Å². The lowest BCUT2D eigenvalue weighted by molar-refractivity contribution is 1.16. The molecule has 3 aromatic rings. The van der Waals surface area contributed by atoms with E-state index in [9.17, 15) is 0 Å². The highest BCUT2D eigenvalue weighted by Crippen LogP contribution is 2.28. The van der Waals surface area contributed by atoms with Crippen molar-refractivity contribution in [3.63, 3.8) is 0 Å². The van der Waals surface area contributed by atoms with Crippen LogP contribution in [0.4, 0.5) is 5.82 Å². The monoisotopic (exact) mass is 249 g/mol. The van der Waals surface area contributed by atoms with Crippen LogP contribution in [0.3, 0.4) is 0 Å². The summed E-state index contributed by atoms with van der Waals surface area (Å²) in [5.41, 5.74) is 3.42. The Hall–Kier alpha value is -2.42. The van der Waals surface area contributed by atoms with Crippen molar-refractivity contribution in [2.75, 3.05) is 12.4 Å². The van der Waals surface area contributed by atoms with Gasteiger partial charge in [0.05, 0.1) is 0 Å². The van der Waals surface area contributed by atoms with E-state index in [1.54, 1.807) is 6.33 Å². The normalized spacial score (nSPS) is 10.6. The lowest BCUT2D eigenvalue weighted by Crippen LogP contribution is -1.96. The van der Waals surface area contributed by atoms with Gasteiger partial charge in [0.2, 0.25) is 0 Å². The van der Waals surface area contributed by atoms with Crippen molar-refractivity contribution in [3.8, 4) is 11.1 Å². The highest BCUT2D eigenvalue weighted by molar-refractivity contribution is 5.89. The van der Waals surface area contributed by atoms with Crippen LogP contribution >= 0.6 is 0 Å². The smallest absolute Gasteiger partial charge is 0.137 e. The van der Waals surface area contributed by atoms with Gasteiger partial charge in [-0.05, 0) is 29.3 Å². The fourth-order valence-electron chi connectivity index (χ4n) is 2.27. The summed E-state index contributed by atoms with van der Waals surface area (Å²) in [6.07, 6.45) is 3.40. The lowest BCUT2D eigenvalue weighted by Gasteiger charge is -2.08. The first-order valence-electron chi connectivity index (χ1n) is 6.26. The second kappa shape index (κ2) is 4.69. The Morgan fingerprint density at radius 1 is 1.00 bits per heavy atom. The van der Waals surface area contributed by atoms with Crippen LogP contribution in [0, 0.1) is 6.92 Å². The van der Waals surface area contributed by atoms with Crippen molar-refractivity contribution >= 4 is 16.6 Å². The van der Waals surface area contributed by atoms with Gasteiger partial charge in [-0.3, -0.25) is 0 Å². The lowest BCUT2D eigenvalue weighted by atomic mass is 10.0. The van der Waals surface area contributed by atoms with Gasteiger partial charge in [-0.25, -0.2) is 9.97 Å². The highest BCUT2D eigenvalue weighted by Gasteiger charge is 2.06. The number of nitrogens with one attached hydrogen (secondary N) is 1. The molecule has 3 heteroatoms. The minimum atomic E-state index is 0.849. The van der Waals surface area contributed by atoms with Crippen LogP contribution in [0.2, 0.25) is 0 Å². The molecule has 0 bridgehead atoms. The van der Waals surface area contributed by atoms with Crippen molar-refractivity contribution in [1.29, 1.82) is 0 Å². The maximum Gasteiger partial charge on any atom is 0.137 e. The topological polar surface area (TPSA) is 37.8 Å². The molecule has 94 valence electrons. The summed E-state index contributed by atoms with van der Waals surface area (Å²) >= 11 is 0. The second-order valence-electron chi connectivity index (χ2n) is 4.60. The van der Waals surface area contributed by atoms with Crippen LogP contribution < -0.4 is 5.32 Å². The number of anilines is 1. The van der Waals surface area contributed by atoms with Gasteiger partial charge in [0.15, 0.2) is 0 Å². The summed E-state index contributed by atoms with van der Waals surface area (Å²) in [6, 6.07) is 12.9. The quantitative estimate of drug-likeness (QED) is 0.753. The van der Waals surface area contributed by atoms with Crippen LogP contribution in [0.1, 0.15) is 5.56 Å². The van der Waals surface area contributed by atoms with E-state index >= 15 is 0 Å². The van der Waals surface area contributed by atoms with Crippen molar-refractivity contribution in [2.24, 2.45) is 0 Å². The molecule has 19 heavy (non-hydrogen) atoms. The van der Waals surface area contributed by atoms with Gasteiger partial charge in [0.25, 0.3) is 0 Å². The SMILES string of the molecule is CNc1ncncc1-c1ccc2cc(C)ccc2c1. The number of fused-ring (bicyclic) bond motifs is 1. The number of nitrogens with zero attached hydrogens (tertiary/aromatic N) is 2. The minimum Gasteiger partial charge on any atom is -0.373 e. The molecule has 0 saturated carbocycles. The van der Waals surface area contributed by atoms with Gasteiger partial charge in [0.1, 0.15) is 12.1 Å². The highest BCUT2D eigenvalue weighted by atomic mass is 15.0. The number of aromatic nitrogens is 2. The van der Waals surface area contributed by atoms with E-state index in [1.165, 1.54) is 16.3 Å². The fourth-order valence-corrected chi connectivity index (χ4v) is 2.27. The summed E-state index contributed by atoms with van der Waals surface area (Å²) in [4.78, 5) is 8.36. The largest absolute Gasteiger partial charge is 0.373 e. The van der Waals surface area contributed by atoms with E-state index in [0.29, 0.717) is 0 Å². The number of rotatable bonds is 2. The Labute approximate surface area is 112 Å². The Kier molecular flexibility index (Phi) is 2.88. The molecule has 0 atom stereocenters. The van der Waals surface area contributed by atoms with Crippen LogP contribution in [0.5, 0.6) is 0 Å². The standard InChI is InChI=1S/C16H15N3/c1-11-3-4-13-8-14(6-5-12(13)7-11)15-9-18-10-19-16(15)17-2/h3-10H,1-2H3,(H,17,18,19). The summed E-state index contributed by atoms with van der Waals surface area (Å²) in [5.74, 6) is 0.849. The number of benzene rings is 2. The van der Waals surface area contributed by atoms with Crippen molar-refractivity contribution in [2.45, 2.75) is 6.92 Å². The molecule has 2 aromatic carbocycles. The molecule has 0 aliphatic rings. The van der Waals surface area contributed by atoms with Gasteiger partial charge in [-0.2, -0.15) is 0 Å². The Morgan fingerprint density at radius 3 is 2.63 bits per heavy atom. The molecule has 3 rings (SSSR count). The first-order chi connectivity index (χ1) is 9.28. The van der Waals surface area contributed by atoms with Crippen molar-refractivity contribution < 1.29 is 0 Å². The molecule has 3 nitrogen and oxygen atoms in total. The third-order valence-electron chi connectivity index (χ3n) is 3.26. The molecule has 0 aliphatic carbocycles. The Balaban J connectivity index is 2.18. The zero-order valence-electron chi connectivity index (χ0n) is 11.0. The molecule has 0 fully saturated rings. The van der Waals surface area contributed by atoms with E-state index < -0.39 is 0 Å². The van der Waals surface area contributed by atoms with Gasteiger partial charge >= 0.3 is 0 Å². The first-order valence-corrected chi connectivity index (χ1v) is 6.26. The maximum atomic E-state index is 4.25. The number of aryl methyl sites for hydroxylation is 1. The van der Waals surface area contributed by atoms with E-state index in [2.05, 4.69) is 58.6 Å². The molecule has 1 aromatic heterocycles. The third-order valence-corrected chi connectivity index (χ3v) is 3.26. The third kappa shape index (κ3) is 2.15. The van der Waals surface area contributed by atoms with Crippen LogP contribution in [0.15, 0.2) is 48.9 Å². The van der Waals surface area contributed by atoms with Gasteiger partial charge < -0.3 is 5.32 Å². The van der Waals surface area contributed by atoms with Crippen molar-refractivity contribution in [3.05, 3.63) is 54.5 Å². The number of hydrogen-bond acceptors (Lipinski definition) is 3. The summed E-state index contributed by atoms with van der Waals surface area (Å²) in [5, 5.41) is 5.59. The Bertz CT molecular complexity index is 735. The van der Waals surface area contributed by atoms with Gasteiger partial charge in [-0.15, -0.1) is 0 Å². The summed E-state index contributed by atoms with van der Waals surface area (Å²) in [6.45, 7) is 2.11. The first kappa shape index (κ1) is 11.7. The molecule has 0 aliphatic heterocycles. The molecule has 0 saturated heterocycles. The summed E-state index contributed by atoms with van der Waals surface area (Å²) < 4.78 is 0.